The van der Waals surface area contributed by atoms with Crippen molar-refractivity contribution >= 4 is 11.7 Å². The van der Waals surface area contributed by atoms with E-state index >= 15 is 0 Å². The lowest BCUT2D eigenvalue weighted by Gasteiger charge is -2.21. The van der Waals surface area contributed by atoms with Gasteiger partial charge in [-0.25, -0.2) is 8.78 Å². The third-order valence-corrected chi connectivity index (χ3v) is 6.33. The van der Waals surface area contributed by atoms with Gasteiger partial charge in [0.2, 0.25) is 5.43 Å². The van der Waals surface area contributed by atoms with E-state index in [9.17, 15) is 28.3 Å². The van der Waals surface area contributed by atoms with Crippen LogP contribution >= 0.6 is 0 Å². The molecule has 9 heteroatoms. The Hall–Kier alpha value is -4.37. The van der Waals surface area contributed by atoms with Crippen molar-refractivity contribution in [3.63, 3.8) is 0 Å². The molecule has 1 unspecified atom stereocenters. The van der Waals surface area contributed by atoms with E-state index in [2.05, 4.69) is 18.5 Å². The number of ether oxygens (including phenoxy) is 1. The molecule has 0 spiro atoms. The molecule has 7 nitrogen and oxygen atoms in total. The van der Waals surface area contributed by atoms with E-state index in [-0.39, 0.29) is 61.2 Å². The van der Waals surface area contributed by atoms with Crippen molar-refractivity contribution in [2.75, 3.05) is 6.61 Å². The first-order valence-corrected chi connectivity index (χ1v) is 12.7. The Morgan fingerprint density at radius 3 is 2.48 bits per heavy atom. The van der Waals surface area contributed by atoms with Gasteiger partial charge < -0.3 is 19.7 Å². The fourth-order valence-corrected chi connectivity index (χ4v) is 3.97. The van der Waals surface area contributed by atoms with Gasteiger partial charge in [0.05, 0.1) is 0 Å². The summed E-state index contributed by atoms with van der Waals surface area (Å²) in [5, 5.41) is 12.1. The van der Waals surface area contributed by atoms with Crippen molar-refractivity contribution in [3.05, 3.63) is 124 Å². The first kappa shape index (κ1) is 30.2. The lowest BCUT2D eigenvalue weighted by atomic mass is 9.99. The van der Waals surface area contributed by atoms with Crippen LogP contribution in [0.4, 0.5) is 8.78 Å². The number of allylic oxidation sites excluding steroid dienone is 1. The number of nitrogens with zero attached hydrogens (tertiary/aromatic N) is 1. The van der Waals surface area contributed by atoms with Gasteiger partial charge in [-0.15, -0.1) is 13.2 Å². The predicted molar refractivity (Wildman–Crippen MR) is 148 cm³/mol. The molecule has 0 aliphatic rings. The second-order valence-corrected chi connectivity index (χ2v) is 9.41. The van der Waals surface area contributed by atoms with E-state index in [1.54, 1.807) is 30.3 Å². The van der Waals surface area contributed by atoms with Gasteiger partial charge in [0, 0.05) is 49.9 Å². The number of Topliss-reactive ketones (excluding diaryl/α,β-unsaturated/α-hetero) is 1. The number of hydrogen-bond acceptors (Lipinski definition) is 5. The van der Waals surface area contributed by atoms with E-state index in [1.165, 1.54) is 22.9 Å². The third kappa shape index (κ3) is 7.60. The molecule has 1 aromatic heterocycles. The zero-order valence-electron chi connectivity index (χ0n) is 22.2. The number of carbonyl (C=O) groups excluding carboxylic acids is 2. The van der Waals surface area contributed by atoms with Gasteiger partial charge in [-0.1, -0.05) is 55.5 Å². The molecular formula is C31H32F2N2O5. The monoisotopic (exact) mass is 550 g/mol. The minimum Gasteiger partial charge on any atom is -0.483 e. The summed E-state index contributed by atoms with van der Waals surface area (Å²) in [7, 11) is 0. The van der Waals surface area contributed by atoms with Crippen molar-refractivity contribution in [1.29, 1.82) is 0 Å². The average molecular weight is 551 g/mol. The molecule has 210 valence electrons. The van der Waals surface area contributed by atoms with E-state index in [0.717, 1.165) is 11.6 Å². The Balaban J connectivity index is 2.09. The second-order valence-electron chi connectivity index (χ2n) is 9.41. The molecule has 0 saturated carbocycles. The van der Waals surface area contributed by atoms with Crippen LogP contribution in [0.25, 0.3) is 0 Å². The van der Waals surface area contributed by atoms with Crippen molar-refractivity contribution in [2.24, 2.45) is 11.8 Å². The fourth-order valence-electron chi connectivity index (χ4n) is 3.97. The molecule has 3 aromatic rings. The van der Waals surface area contributed by atoms with Crippen LogP contribution in [0.15, 0.2) is 84.8 Å². The first-order chi connectivity index (χ1) is 19.2. The van der Waals surface area contributed by atoms with Gasteiger partial charge in [-0.05, 0) is 17.5 Å². The largest absolute Gasteiger partial charge is 0.483 e. The van der Waals surface area contributed by atoms with Crippen LogP contribution in [0.1, 0.15) is 45.3 Å². The van der Waals surface area contributed by atoms with E-state index < -0.39 is 34.7 Å². The Morgan fingerprint density at radius 1 is 1.12 bits per heavy atom. The molecule has 3 rings (SSSR count). The molecular weight excluding hydrogens is 518 g/mol. The minimum absolute atomic E-state index is 0.0298. The molecule has 2 atom stereocenters. The predicted octanol–water partition coefficient (Wildman–Crippen LogP) is 4.82. The van der Waals surface area contributed by atoms with Crippen molar-refractivity contribution in [1.82, 2.24) is 9.88 Å². The van der Waals surface area contributed by atoms with E-state index in [1.807, 2.05) is 13.0 Å². The van der Waals surface area contributed by atoms with Crippen molar-refractivity contribution < 1.29 is 28.2 Å². The Kier molecular flexibility index (Phi) is 10.7. The molecule has 0 saturated heterocycles. The normalized spacial score (nSPS) is 12.3. The van der Waals surface area contributed by atoms with E-state index in [0.29, 0.717) is 6.07 Å². The summed E-state index contributed by atoms with van der Waals surface area (Å²) in [5.74, 6) is -3.92. The highest BCUT2D eigenvalue weighted by atomic mass is 19.1. The molecule has 0 radical (unpaired) electrons. The molecule has 0 aliphatic carbocycles. The lowest BCUT2D eigenvalue weighted by molar-refractivity contribution is 0.0924. The number of halogens is 2. The number of rotatable bonds is 14. The third-order valence-electron chi connectivity index (χ3n) is 6.33. The number of aliphatic hydroxyl groups excluding tert-OH is 1. The lowest BCUT2D eigenvalue weighted by Crippen LogP contribution is -2.33. The summed E-state index contributed by atoms with van der Waals surface area (Å²) in [6.07, 6.45) is 4.24. The van der Waals surface area contributed by atoms with Crippen LogP contribution in [0, 0.1) is 23.5 Å². The Labute approximate surface area is 231 Å². The quantitative estimate of drug-likeness (QED) is 0.222. The SMILES string of the molecule is C=CC(C)Cn1cc(C(=O)NCc2ccc(F)cc2F)c(=O)c(OCc2ccccc2)c1C(=O)C[C@H](C=C)CO. The number of aromatic nitrogens is 1. The van der Waals surface area contributed by atoms with Crippen LogP contribution < -0.4 is 15.5 Å². The molecule has 2 aromatic carbocycles. The van der Waals surface area contributed by atoms with Gasteiger partial charge in [0.15, 0.2) is 11.5 Å². The van der Waals surface area contributed by atoms with Gasteiger partial charge in [0.25, 0.3) is 5.91 Å². The summed E-state index contributed by atoms with van der Waals surface area (Å²) < 4.78 is 34.8. The average Bonchev–Trinajstić information content (AvgIpc) is 2.95. The van der Waals surface area contributed by atoms with Crippen molar-refractivity contribution in [3.8, 4) is 5.75 Å². The number of pyridine rings is 1. The van der Waals surface area contributed by atoms with Crippen LogP contribution in [0.5, 0.6) is 5.75 Å². The van der Waals surface area contributed by atoms with Crippen LogP contribution in [0.3, 0.4) is 0 Å². The minimum atomic E-state index is -0.842. The Morgan fingerprint density at radius 2 is 1.85 bits per heavy atom. The highest BCUT2D eigenvalue weighted by molar-refractivity contribution is 6.00. The number of hydrogen-bond donors (Lipinski definition) is 2. The van der Waals surface area contributed by atoms with Gasteiger partial charge in [-0.2, -0.15) is 0 Å². The van der Waals surface area contributed by atoms with Gasteiger partial charge >= 0.3 is 0 Å². The Bertz CT molecular complexity index is 1440. The number of aliphatic hydroxyl groups is 1. The summed E-state index contributed by atoms with van der Waals surface area (Å²) >= 11 is 0. The van der Waals surface area contributed by atoms with Gasteiger partial charge in [0.1, 0.15) is 29.5 Å². The molecule has 2 N–H and O–H groups in total. The highest BCUT2D eigenvalue weighted by Gasteiger charge is 2.27. The molecule has 40 heavy (non-hydrogen) atoms. The first-order valence-electron chi connectivity index (χ1n) is 12.7. The summed E-state index contributed by atoms with van der Waals surface area (Å²) in [6.45, 7) is 8.80. The standard InChI is InChI=1S/C31H32F2N2O5/c1-4-20(3)16-35-17-25(31(39)34-15-23-11-12-24(32)14-26(23)33)29(38)30(40-19-22-9-7-6-8-10-22)28(35)27(37)13-21(5-2)18-36/h4-12,14,17,20-21,36H,1-2,13,15-16,18-19H2,3H3,(H,34,39)/t20?,21-/m0/s1. The summed E-state index contributed by atoms with van der Waals surface area (Å²) in [5.41, 5.74) is -0.427. The smallest absolute Gasteiger partial charge is 0.257 e. The molecule has 1 heterocycles. The second kappa shape index (κ2) is 14.1. The number of amides is 1. The molecule has 1 amide bonds. The zero-order chi connectivity index (χ0) is 29.2. The maximum absolute atomic E-state index is 14.1. The maximum Gasteiger partial charge on any atom is 0.257 e. The number of nitrogens with one attached hydrogen (secondary N) is 1. The highest BCUT2D eigenvalue weighted by Crippen LogP contribution is 2.23. The molecule has 0 bridgehead atoms. The molecule has 0 fully saturated rings. The summed E-state index contributed by atoms with van der Waals surface area (Å²) in [4.78, 5) is 40.3. The molecule has 0 aliphatic heterocycles. The number of benzene rings is 2. The number of carbonyl (C=O) groups is 2. The fraction of sp³-hybridized carbons (Fsp3) is 0.258. The van der Waals surface area contributed by atoms with Gasteiger partial charge in [-0.3, -0.25) is 14.4 Å². The van der Waals surface area contributed by atoms with E-state index in [4.69, 9.17) is 4.74 Å². The maximum atomic E-state index is 14.1. The van der Waals surface area contributed by atoms with Crippen LogP contribution in [-0.4, -0.2) is 28.0 Å². The van der Waals surface area contributed by atoms with Crippen molar-refractivity contribution in [2.45, 2.75) is 33.0 Å². The topological polar surface area (TPSA) is 97.6 Å². The number of ketones is 1. The van der Waals surface area contributed by atoms with Crippen LogP contribution in [-0.2, 0) is 19.7 Å². The van der Waals surface area contributed by atoms with Crippen LogP contribution in [0.2, 0.25) is 0 Å². The summed E-state index contributed by atoms with van der Waals surface area (Å²) in [6, 6.07) is 11.9. The zero-order valence-corrected chi connectivity index (χ0v) is 22.2.